The van der Waals surface area contributed by atoms with Gasteiger partial charge in [-0.05, 0) is 24.3 Å². The van der Waals surface area contributed by atoms with E-state index in [2.05, 4.69) is 33.1 Å². The van der Waals surface area contributed by atoms with E-state index in [0.29, 0.717) is 16.6 Å². The number of rotatable bonds is 3. The molecule has 34 heavy (non-hydrogen) atoms. The van der Waals surface area contributed by atoms with E-state index in [1.54, 1.807) is 6.20 Å². The number of nitrogens with zero attached hydrogens (tertiary/aromatic N) is 3. The molecular weight excluding hydrogens is 444 g/mol. The molecule has 0 spiro atoms. The second-order valence-corrected chi connectivity index (χ2v) is 8.54. The Morgan fingerprint density at radius 1 is 0.735 bits per heavy atom. The highest BCUT2D eigenvalue weighted by Gasteiger charge is 2.20. The number of nitrogens with one attached hydrogen (secondary N) is 1. The van der Waals surface area contributed by atoms with Gasteiger partial charge in [0.05, 0.1) is 45.0 Å². The molecule has 3 aromatic carbocycles. The lowest BCUT2D eigenvalue weighted by Gasteiger charge is -2.09. The van der Waals surface area contributed by atoms with Gasteiger partial charge in [0.25, 0.3) is 0 Å². The van der Waals surface area contributed by atoms with Crippen LogP contribution < -0.4 is 5.32 Å². The lowest BCUT2D eigenvalue weighted by atomic mass is 10.1. The summed E-state index contributed by atoms with van der Waals surface area (Å²) in [6.45, 7) is 0. The number of furan rings is 1. The van der Waals surface area contributed by atoms with Crippen LogP contribution in [0.1, 0.15) is 0 Å². The zero-order chi connectivity index (χ0) is 22.6. The normalized spacial score (nSPS) is 11.7. The standard InChI is InChI=1S/C28H17ClN4O/c29-27-19-11-5-7-13-22(19)30-15-23(27)32-25-14-20-26-18-10-4-6-12-21(18)31-16-24(26)33(28(20)34-25)17-8-2-1-3-9-17/h1-16,32H. The molecule has 1 N–H and O–H groups in total. The van der Waals surface area contributed by atoms with Gasteiger partial charge in [-0.2, -0.15) is 0 Å². The van der Waals surface area contributed by atoms with Crippen molar-refractivity contribution < 1.29 is 4.42 Å². The lowest BCUT2D eigenvalue weighted by molar-refractivity contribution is 0.613. The van der Waals surface area contributed by atoms with Crippen LogP contribution >= 0.6 is 11.6 Å². The topological polar surface area (TPSA) is 55.9 Å². The van der Waals surface area contributed by atoms with E-state index in [-0.39, 0.29) is 0 Å². The van der Waals surface area contributed by atoms with Crippen molar-refractivity contribution in [3.63, 3.8) is 0 Å². The Balaban J connectivity index is 1.48. The fourth-order valence-electron chi connectivity index (χ4n) is 4.64. The summed E-state index contributed by atoms with van der Waals surface area (Å²) in [4.78, 5) is 9.23. The molecule has 7 aromatic rings. The van der Waals surface area contributed by atoms with E-state index in [1.165, 1.54) is 0 Å². The third kappa shape index (κ3) is 2.81. The van der Waals surface area contributed by atoms with Gasteiger partial charge in [-0.1, -0.05) is 66.2 Å². The predicted molar refractivity (Wildman–Crippen MR) is 138 cm³/mol. The van der Waals surface area contributed by atoms with Crippen molar-refractivity contribution in [1.82, 2.24) is 14.5 Å². The van der Waals surface area contributed by atoms with Gasteiger partial charge < -0.3 is 9.73 Å². The second-order valence-electron chi connectivity index (χ2n) is 8.16. The molecule has 0 unspecified atom stereocenters. The first kappa shape index (κ1) is 19.1. The molecular formula is C28H17ClN4O. The summed E-state index contributed by atoms with van der Waals surface area (Å²) in [6.07, 6.45) is 3.65. The number of anilines is 2. The highest BCUT2D eigenvalue weighted by Crippen LogP contribution is 2.40. The number of benzene rings is 3. The Kier molecular flexibility index (Phi) is 4.13. The number of pyridine rings is 2. The van der Waals surface area contributed by atoms with E-state index in [1.807, 2.05) is 72.9 Å². The SMILES string of the molecule is Clc1c(Nc2cc3c4c5ccccc5ncc4n(-c4ccccc4)c3o2)cnc2ccccc12. The van der Waals surface area contributed by atoms with Crippen molar-refractivity contribution in [3.8, 4) is 5.69 Å². The molecule has 0 aliphatic rings. The van der Waals surface area contributed by atoms with Gasteiger partial charge in [0.15, 0.2) is 0 Å². The van der Waals surface area contributed by atoms with E-state index >= 15 is 0 Å². The van der Waals surface area contributed by atoms with Crippen molar-refractivity contribution in [2.24, 2.45) is 0 Å². The third-order valence-electron chi connectivity index (χ3n) is 6.16. The molecule has 0 atom stereocenters. The first-order valence-corrected chi connectivity index (χ1v) is 11.3. The van der Waals surface area contributed by atoms with Crippen LogP contribution in [0.15, 0.2) is 102 Å². The fraction of sp³-hybridized carbons (Fsp3) is 0. The molecule has 0 aliphatic heterocycles. The molecule has 0 saturated carbocycles. The van der Waals surface area contributed by atoms with Gasteiger partial charge in [-0.3, -0.25) is 14.5 Å². The monoisotopic (exact) mass is 460 g/mol. The van der Waals surface area contributed by atoms with Crippen LogP contribution in [-0.4, -0.2) is 14.5 Å². The maximum Gasteiger partial charge on any atom is 0.215 e. The number of para-hydroxylation sites is 3. The number of hydrogen-bond donors (Lipinski definition) is 1. The number of halogens is 1. The van der Waals surface area contributed by atoms with Crippen molar-refractivity contribution in [2.75, 3.05) is 5.32 Å². The van der Waals surface area contributed by atoms with Crippen LogP contribution in [0, 0.1) is 0 Å². The minimum atomic E-state index is 0.594. The summed E-state index contributed by atoms with van der Waals surface area (Å²) < 4.78 is 8.50. The molecule has 6 heteroatoms. The Morgan fingerprint density at radius 3 is 2.24 bits per heavy atom. The van der Waals surface area contributed by atoms with E-state index < -0.39 is 0 Å². The van der Waals surface area contributed by atoms with Crippen molar-refractivity contribution in [1.29, 1.82) is 0 Å². The van der Waals surface area contributed by atoms with Crippen molar-refractivity contribution in [2.45, 2.75) is 0 Å². The third-order valence-corrected chi connectivity index (χ3v) is 6.57. The fourth-order valence-corrected chi connectivity index (χ4v) is 4.90. The summed E-state index contributed by atoms with van der Waals surface area (Å²) in [5, 5.41) is 8.03. The molecule has 0 saturated heterocycles. The molecule has 4 heterocycles. The van der Waals surface area contributed by atoms with Gasteiger partial charge in [-0.25, -0.2) is 0 Å². The van der Waals surface area contributed by atoms with Gasteiger partial charge in [0, 0.05) is 27.9 Å². The van der Waals surface area contributed by atoms with Crippen molar-refractivity contribution >= 4 is 67.0 Å². The minimum absolute atomic E-state index is 0.594. The van der Waals surface area contributed by atoms with Crippen LogP contribution in [0.4, 0.5) is 11.6 Å². The van der Waals surface area contributed by atoms with E-state index in [4.69, 9.17) is 21.0 Å². The number of aromatic nitrogens is 3. The summed E-state index contributed by atoms with van der Waals surface area (Å²) in [7, 11) is 0. The highest BCUT2D eigenvalue weighted by molar-refractivity contribution is 6.38. The van der Waals surface area contributed by atoms with Crippen LogP contribution in [0.5, 0.6) is 0 Å². The molecule has 0 amide bonds. The quantitative estimate of drug-likeness (QED) is 0.291. The maximum absolute atomic E-state index is 6.71. The zero-order valence-electron chi connectivity index (χ0n) is 17.9. The molecule has 0 fully saturated rings. The van der Waals surface area contributed by atoms with Gasteiger partial charge in [0.1, 0.15) is 0 Å². The van der Waals surface area contributed by atoms with Gasteiger partial charge in [0.2, 0.25) is 11.6 Å². The highest BCUT2D eigenvalue weighted by atomic mass is 35.5. The largest absolute Gasteiger partial charge is 0.423 e. The van der Waals surface area contributed by atoms with Crippen LogP contribution in [0.3, 0.4) is 0 Å². The molecule has 162 valence electrons. The summed E-state index contributed by atoms with van der Waals surface area (Å²) in [5.74, 6) is 0.594. The maximum atomic E-state index is 6.71. The number of fused-ring (bicyclic) bond motifs is 6. The molecule has 5 nitrogen and oxygen atoms in total. The Bertz CT molecular complexity index is 1850. The first-order valence-electron chi connectivity index (χ1n) is 11.0. The van der Waals surface area contributed by atoms with Gasteiger partial charge >= 0.3 is 0 Å². The Labute approximate surface area is 199 Å². The zero-order valence-corrected chi connectivity index (χ0v) is 18.6. The lowest BCUT2D eigenvalue weighted by Crippen LogP contribution is -1.94. The van der Waals surface area contributed by atoms with Crippen LogP contribution in [0.25, 0.3) is 49.5 Å². The van der Waals surface area contributed by atoms with Gasteiger partial charge in [-0.15, -0.1) is 0 Å². The molecule has 7 rings (SSSR count). The van der Waals surface area contributed by atoms with Crippen LogP contribution in [-0.2, 0) is 0 Å². The molecule has 4 aromatic heterocycles. The minimum Gasteiger partial charge on any atom is -0.423 e. The molecule has 0 radical (unpaired) electrons. The van der Waals surface area contributed by atoms with E-state index in [9.17, 15) is 0 Å². The Morgan fingerprint density at radius 2 is 1.41 bits per heavy atom. The smallest absolute Gasteiger partial charge is 0.215 e. The van der Waals surface area contributed by atoms with E-state index in [0.717, 1.165) is 49.5 Å². The predicted octanol–water partition coefficient (Wildman–Crippen LogP) is 7.87. The molecule has 0 bridgehead atoms. The first-order chi connectivity index (χ1) is 16.8. The Hall–Kier alpha value is -4.35. The second kappa shape index (κ2) is 7.33. The van der Waals surface area contributed by atoms with Crippen LogP contribution in [0.2, 0.25) is 5.02 Å². The summed E-state index contributed by atoms with van der Waals surface area (Å²) >= 11 is 6.71. The molecule has 0 aliphatic carbocycles. The summed E-state index contributed by atoms with van der Waals surface area (Å²) in [5.41, 5.74) is 5.23. The van der Waals surface area contributed by atoms with Crippen molar-refractivity contribution in [3.05, 3.63) is 102 Å². The average Bonchev–Trinajstić information content (AvgIpc) is 3.42. The summed E-state index contributed by atoms with van der Waals surface area (Å²) in [6, 6.07) is 28.2. The number of hydrogen-bond acceptors (Lipinski definition) is 4. The average molecular weight is 461 g/mol.